The van der Waals surface area contributed by atoms with E-state index in [0.717, 1.165) is 38.2 Å². The molecule has 0 spiro atoms. The van der Waals surface area contributed by atoms with Gasteiger partial charge >= 0.3 is 5.97 Å². The third-order valence-electron chi connectivity index (χ3n) is 3.96. The van der Waals surface area contributed by atoms with Crippen molar-refractivity contribution in [2.45, 2.75) is 83.0 Å². The summed E-state index contributed by atoms with van der Waals surface area (Å²) in [7, 11) is 0. The summed E-state index contributed by atoms with van der Waals surface area (Å²) < 4.78 is 0. The molecule has 0 bridgehead atoms. The predicted octanol–water partition coefficient (Wildman–Crippen LogP) is 3.35. The summed E-state index contributed by atoms with van der Waals surface area (Å²) in [5.74, 6) is -0.971. The number of aliphatic hydroxyl groups is 3. The van der Waals surface area contributed by atoms with E-state index in [0.29, 0.717) is 25.7 Å². The second-order valence-electron chi connectivity index (χ2n) is 6.30. The summed E-state index contributed by atoms with van der Waals surface area (Å²) in [6.45, 7) is 2.10. The van der Waals surface area contributed by atoms with Gasteiger partial charge in [0.1, 0.15) is 0 Å². The zero-order valence-electron chi connectivity index (χ0n) is 15.3. The van der Waals surface area contributed by atoms with Crippen molar-refractivity contribution in [2.24, 2.45) is 0 Å². The van der Waals surface area contributed by atoms with Gasteiger partial charge < -0.3 is 20.4 Å². The van der Waals surface area contributed by atoms with Crippen molar-refractivity contribution in [3.05, 3.63) is 36.5 Å². The summed E-state index contributed by atoms with van der Waals surface area (Å²) >= 11 is 0. The second-order valence-corrected chi connectivity index (χ2v) is 6.30. The van der Waals surface area contributed by atoms with Crippen LogP contribution in [0.1, 0.15) is 64.7 Å². The highest BCUT2D eigenvalue weighted by molar-refractivity contribution is 5.80. The summed E-state index contributed by atoms with van der Waals surface area (Å²) in [5, 5.41) is 38.1. The van der Waals surface area contributed by atoms with Crippen molar-refractivity contribution >= 4 is 5.97 Å². The van der Waals surface area contributed by atoms with Crippen molar-refractivity contribution in [1.82, 2.24) is 0 Å². The lowest BCUT2D eigenvalue weighted by atomic mass is 9.99. The fourth-order valence-electron chi connectivity index (χ4n) is 2.41. The summed E-state index contributed by atoms with van der Waals surface area (Å²) in [6, 6.07) is 0. The molecule has 0 radical (unpaired) electrons. The number of carboxylic acids is 1. The molecule has 3 unspecified atom stereocenters. The van der Waals surface area contributed by atoms with Crippen molar-refractivity contribution in [2.75, 3.05) is 0 Å². The van der Waals surface area contributed by atoms with E-state index in [1.807, 2.05) is 12.2 Å². The Kier molecular flexibility index (Phi) is 15.1. The van der Waals surface area contributed by atoms with E-state index in [1.165, 1.54) is 6.08 Å². The van der Waals surface area contributed by atoms with Gasteiger partial charge in [0, 0.05) is 6.08 Å². The fourth-order valence-corrected chi connectivity index (χ4v) is 2.41. The van der Waals surface area contributed by atoms with E-state index in [2.05, 4.69) is 6.92 Å². The first-order chi connectivity index (χ1) is 12.0. The molecule has 5 nitrogen and oxygen atoms in total. The van der Waals surface area contributed by atoms with Crippen LogP contribution in [0.2, 0.25) is 0 Å². The van der Waals surface area contributed by atoms with Gasteiger partial charge in [-0.15, -0.1) is 0 Å². The van der Waals surface area contributed by atoms with Crippen LogP contribution in [0, 0.1) is 0 Å². The molecule has 0 amide bonds. The average molecular weight is 354 g/mol. The Hall–Kier alpha value is -1.43. The van der Waals surface area contributed by atoms with E-state index in [1.54, 1.807) is 12.2 Å². The maximum absolute atomic E-state index is 10.2. The average Bonchev–Trinajstić information content (AvgIpc) is 2.57. The van der Waals surface area contributed by atoms with Gasteiger partial charge in [-0.25, -0.2) is 4.79 Å². The Bertz CT molecular complexity index is 414. The number of carboxylic acid groups (broad SMARTS) is 1. The van der Waals surface area contributed by atoms with Crippen molar-refractivity contribution in [1.29, 1.82) is 0 Å². The highest BCUT2D eigenvalue weighted by Gasteiger charge is 2.17. The lowest BCUT2D eigenvalue weighted by Gasteiger charge is -2.19. The molecule has 0 fully saturated rings. The van der Waals surface area contributed by atoms with Gasteiger partial charge in [-0.3, -0.25) is 0 Å². The number of carbonyl (C=O) groups is 1. The lowest BCUT2D eigenvalue weighted by molar-refractivity contribution is -0.131. The molecule has 4 N–H and O–H groups in total. The highest BCUT2D eigenvalue weighted by Crippen LogP contribution is 2.14. The van der Waals surface area contributed by atoms with Gasteiger partial charge in [0.15, 0.2) is 0 Å². The quantitative estimate of drug-likeness (QED) is 0.205. The molecule has 0 aromatic rings. The Morgan fingerprint density at radius 3 is 2.20 bits per heavy atom. The van der Waals surface area contributed by atoms with Gasteiger partial charge in [0.05, 0.1) is 18.3 Å². The Morgan fingerprint density at radius 2 is 1.52 bits per heavy atom. The van der Waals surface area contributed by atoms with Crippen LogP contribution in [0.4, 0.5) is 0 Å². The van der Waals surface area contributed by atoms with Crippen LogP contribution in [0.3, 0.4) is 0 Å². The number of hydrogen-bond donors (Lipinski definition) is 4. The molecule has 0 saturated carbocycles. The zero-order chi connectivity index (χ0) is 18.9. The molecule has 25 heavy (non-hydrogen) atoms. The first kappa shape index (κ1) is 23.6. The summed E-state index contributed by atoms with van der Waals surface area (Å²) in [6.07, 6.45) is 14.7. The number of unbranched alkanes of at least 4 members (excludes halogenated alkanes) is 3. The Labute approximate surface area is 151 Å². The van der Waals surface area contributed by atoms with Gasteiger partial charge in [0.25, 0.3) is 0 Å². The number of aliphatic carboxylic acids is 1. The number of allylic oxidation sites excluding steroid dienone is 5. The van der Waals surface area contributed by atoms with Crippen LogP contribution in [-0.2, 0) is 4.79 Å². The van der Waals surface area contributed by atoms with Crippen LogP contribution in [0.5, 0.6) is 0 Å². The van der Waals surface area contributed by atoms with Crippen molar-refractivity contribution in [3.8, 4) is 0 Å². The first-order valence-electron chi connectivity index (χ1n) is 9.24. The van der Waals surface area contributed by atoms with Crippen LogP contribution in [-0.4, -0.2) is 44.7 Å². The van der Waals surface area contributed by atoms with Crippen LogP contribution in [0.15, 0.2) is 36.5 Å². The summed E-state index contributed by atoms with van der Waals surface area (Å²) in [4.78, 5) is 10.2. The van der Waals surface area contributed by atoms with Gasteiger partial charge in [-0.2, -0.15) is 0 Å². The molecule has 0 aliphatic rings. The lowest BCUT2D eigenvalue weighted by Crippen LogP contribution is -2.27. The molecular formula is C20H34O5. The minimum absolute atomic E-state index is 0.420. The molecule has 0 aliphatic carbocycles. The molecule has 0 saturated heterocycles. The molecule has 3 atom stereocenters. The molecule has 0 heterocycles. The van der Waals surface area contributed by atoms with E-state index >= 15 is 0 Å². The van der Waals surface area contributed by atoms with Gasteiger partial charge in [-0.05, 0) is 38.5 Å². The number of hydrogen-bond acceptors (Lipinski definition) is 4. The second kappa shape index (κ2) is 16.1. The molecular weight excluding hydrogens is 320 g/mol. The fraction of sp³-hybridized carbons (Fsp3) is 0.650. The maximum atomic E-state index is 10.2. The largest absolute Gasteiger partial charge is 0.478 e. The zero-order valence-corrected chi connectivity index (χ0v) is 15.3. The van der Waals surface area contributed by atoms with Crippen molar-refractivity contribution in [3.63, 3.8) is 0 Å². The third-order valence-corrected chi connectivity index (χ3v) is 3.96. The monoisotopic (exact) mass is 354 g/mol. The Balaban J connectivity index is 3.72. The van der Waals surface area contributed by atoms with Crippen LogP contribution >= 0.6 is 0 Å². The van der Waals surface area contributed by atoms with Gasteiger partial charge in [0.2, 0.25) is 0 Å². The SMILES string of the molecule is CCCCCC(O)C(O)CCC(O)CCC/C=C/C=C/C=C/C(=O)O. The molecule has 0 aliphatic heterocycles. The molecule has 0 aromatic carbocycles. The Morgan fingerprint density at radius 1 is 0.840 bits per heavy atom. The normalized spacial score (nSPS) is 16.0. The molecule has 144 valence electrons. The van der Waals surface area contributed by atoms with Crippen LogP contribution in [0.25, 0.3) is 0 Å². The smallest absolute Gasteiger partial charge is 0.328 e. The molecule has 5 heteroatoms. The minimum atomic E-state index is -0.971. The third kappa shape index (κ3) is 15.8. The number of aliphatic hydroxyl groups excluding tert-OH is 3. The highest BCUT2D eigenvalue weighted by atomic mass is 16.4. The molecule has 0 aromatic heterocycles. The van der Waals surface area contributed by atoms with E-state index in [-0.39, 0.29) is 0 Å². The van der Waals surface area contributed by atoms with E-state index in [4.69, 9.17) is 5.11 Å². The number of rotatable bonds is 15. The first-order valence-corrected chi connectivity index (χ1v) is 9.24. The van der Waals surface area contributed by atoms with E-state index in [9.17, 15) is 20.1 Å². The minimum Gasteiger partial charge on any atom is -0.478 e. The van der Waals surface area contributed by atoms with E-state index < -0.39 is 24.3 Å². The standard InChI is InChI=1S/C20H34O5/c1-2-3-9-13-18(22)19(23)16-15-17(21)12-10-7-5-4-6-8-11-14-20(24)25/h4-6,8,11,14,17-19,21-23H,2-3,7,9-10,12-13,15-16H2,1H3,(H,24,25)/b5-4+,8-6+,14-11+. The maximum Gasteiger partial charge on any atom is 0.328 e. The molecule has 0 rings (SSSR count). The topological polar surface area (TPSA) is 98.0 Å². The van der Waals surface area contributed by atoms with Gasteiger partial charge in [-0.1, -0.05) is 56.6 Å². The van der Waals surface area contributed by atoms with Crippen LogP contribution < -0.4 is 0 Å². The predicted molar refractivity (Wildman–Crippen MR) is 100 cm³/mol. The summed E-state index contributed by atoms with van der Waals surface area (Å²) in [5.41, 5.74) is 0. The van der Waals surface area contributed by atoms with Crippen molar-refractivity contribution < 1.29 is 25.2 Å².